The molecule has 2 bridgehead atoms. The lowest BCUT2D eigenvalue weighted by Gasteiger charge is -2.53. The maximum absolute atomic E-state index is 13.4. The Morgan fingerprint density at radius 2 is 1.70 bits per heavy atom. The van der Waals surface area contributed by atoms with Gasteiger partial charge in [-0.25, -0.2) is 8.78 Å². The molecule has 2 aromatic rings. The van der Waals surface area contributed by atoms with Crippen molar-refractivity contribution >= 4 is 11.4 Å². The van der Waals surface area contributed by atoms with E-state index >= 15 is 0 Å². The highest BCUT2D eigenvalue weighted by Crippen LogP contribution is 2.42. The van der Waals surface area contributed by atoms with Crippen LogP contribution in [0.15, 0.2) is 36.4 Å². The first kappa shape index (κ1) is 11.8. The average molecular weight is 274 g/mol. The van der Waals surface area contributed by atoms with E-state index in [1.807, 2.05) is 4.90 Å². The third kappa shape index (κ3) is 1.57. The van der Waals surface area contributed by atoms with Gasteiger partial charge in [-0.2, -0.15) is 0 Å². The Balaban J connectivity index is 1.90. The molecular formula is C15H12F2N2O. The lowest BCUT2D eigenvalue weighted by molar-refractivity contribution is 0.321. The molecule has 5 heteroatoms. The van der Waals surface area contributed by atoms with Crippen LogP contribution >= 0.6 is 0 Å². The molecule has 1 unspecified atom stereocenters. The minimum atomic E-state index is -0.577. The second-order valence-electron chi connectivity index (χ2n) is 5.43. The van der Waals surface area contributed by atoms with Gasteiger partial charge in [0, 0.05) is 17.2 Å². The molecule has 20 heavy (non-hydrogen) atoms. The smallest absolute Gasteiger partial charge is 0.159 e. The molecule has 0 saturated carbocycles. The number of halogens is 2. The van der Waals surface area contributed by atoms with Crippen LogP contribution in [0.5, 0.6) is 0 Å². The van der Waals surface area contributed by atoms with E-state index in [2.05, 4.69) is 0 Å². The molecule has 0 radical (unpaired) electrons. The summed E-state index contributed by atoms with van der Waals surface area (Å²) in [6, 6.07) is 8.79. The van der Waals surface area contributed by atoms with Gasteiger partial charge in [0.2, 0.25) is 0 Å². The normalized spacial score (nSPS) is 23.2. The van der Waals surface area contributed by atoms with E-state index in [0.29, 0.717) is 23.4 Å². The quantitative estimate of drug-likeness (QED) is 0.544. The summed E-state index contributed by atoms with van der Waals surface area (Å²) in [5, 5.41) is 13.0. The van der Waals surface area contributed by atoms with Crippen molar-refractivity contribution < 1.29 is 8.78 Å². The van der Waals surface area contributed by atoms with Crippen LogP contribution in [0.1, 0.15) is 11.1 Å². The third-order valence-corrected chi connectivity index (χ3v) is 4.05. The Bertz CT molecular complexity index is 719. The van der Waals surface area contributed by atoms with E-state index in [0.717, 1.165) is 5.69 Å². The number of fused-ring (bicyclic) bond motifs is 6. The van der Waals surface area contributed by atoms with E-state index in [-0.39, 0.29) is 24.8 Å². The lowest BCUT2D eigenvalue weighted by atomic mass is 10.0. The number of benzene rings is 2. The van der Waals surface area contributed by atoms with Crippen molar-refractivity contribution in [2.24, 2.45) is 0 Å². The Labute approximate surface area is 114 Å². The predicted octanol–water partition coefficient (Wildman–Crippen LogP) is 3.26. The van der Waals surface area contributed by atoms with Crippen LogP contribution in [0, 0.1) is 16.8 Å². The number of hydrogen-bond donors (Lipinski definition) is 0. The summed E-state index contributed by atoms with van der Waals surface area (Å²) in [7, 11) is 0. The highest BCUT2D eigenvalue weighted by molar-refractivity contribution is 5.65. The first-order valence-corrected chi connectivity index (χ1v) is 6.46. The van der Waals surface area contributed by atoms with Gasteiger partial charge in [0.25, 0.3) is 0 Å². The molecule has 0 amide bonds. The van der Waals surface area contributed by atoms with Crippen molar-refractivity contribution in [2.45, 2.75) is 13.1 Å². The number of nitrogens with zero attached hydrogens (tertiary/aromatic N) is 2. The monoisotopic (exact) mass is 274 g/mol. The average Bonchev–Trinajstić information content (AvgIpc) is 2.37. The number of rotatable bonds is 0. The topological polar surface area (TPSA) is 26.3 Å². The lowest BCUT2D eigenvalue weighted by Crippen LogP contribution is -2.57. The number of anilines is 1. The SMILES string of the molecule is [O-][N+]12Cc3cc(F)ccc3N(Cc3cc(F)ccc31)C2. The molecule has 2 aromatic carbocycles. The fourth-order valence-electron chi connectivity index (χ4n) is 3.25. The Morgan fingerprint density at radius 3 is 2.50 bits per heavy atom. The molecule has 0 aliphatic carbocycles. The van der Waals surface area contributed by atoms with E-state index in [4.69, 9.17) is 0 Å². The van der Waals surface area contributed by atoms with Gasteiger partial charge >= 0.3 is 0 Å². The molecule has 4 rings (SSSR count). The largest absolute Gasteiger partial charge is 0.626 e. The molecule has 0 saturated heterocycles. The summed E-state index contributed by atoms with van der Waals surface area (Å²) in [5.41, 5.74) is 2.87. The highest BCUT2D eigenvalue weighted by atomic mass is 19.1. The van der Waals surface area contributed by atoms with E-state index in [1.54, 1.807) is 12.1 Å². The number of hydrogen-bond acceptors (Lipinski definition) is 2. The summed E-state index contributed by atoms with van der Waals surface area (Å²) < 4.78 is 26.2. The molecule has 0 fully saturated rings. The van der Waals surface area contributed by atoms with E-state index in [9.17, 15) is 14.0 Å². The van der Waals surface area contributed by atoms with Crippen molar-refractivity contribution in [3.05, 3.63) is 64.4 Å². The highest BCUT2D eigenvalue weighted by Gasteiger charge is 2.38. The number of quaternary nitrogens is 1. The summed E-state index contributed by atoms with van der Waals surface area (Å²) in [6.07, 6.45) is 0. The van der Waals surface area contributed by atoms with Gasteiger partial charge in [-0.1, -0.05) is 0 Å². The van der Waals surface area contributed by atoms with E-state index in [1.165, 1.54) is 24.3 Å². The molecule has 2 aliphatic heterocycles. The van der Waals surface area contributed by atoms with Gasteiger partial charge < -0.3 is 14.8 Å². The molecule has 0 spiro atoms. The van der Waals surface area contributed by atoms with Gasteiger partial charge in [-0.3, -0.25) is 0 Å². The minimum absolute atomic E-state index is 0.183. The molecule has 0 aromatic heterocycles. The first-order chi connectivity index (χ1) is 9.55. The molecule has 3 nitrogen and oxygen atoms in total. The Kier molecular flexibility index (Phi) is 2.23. The Morgan fingerprint density at radius 1 is 1.00 bits per heavy atom. The van der Waals surface area contributed by atoms with Gasteiger partial charge in [-0.05, 0) is 30.3 Å². The van der Waals surface area contributed by atoms with Crippen molar-refractivity contribution in [3.8, 4) is 0 Å². The van der Waals surface area contributed by atoms with Gasteiger partial charge in [-0.15, -0.1) is 0 Å². The first-order valence-electron chi connectivity index (χ1n) is 6.46. The van der Waals surface area contributed by atoms with Crippen LogP contribution in [-0.4, -0.2) is 6.67 Å². The van der Waals surface area contributed by atoms with Gasteiger partial charge in [0.15, 0.2) is 6.67 Å². The third-order valence-electron chi connectivity index (χ3n) is 4.05. The standard InChI is InChI=1S/C15H12F2N2O/c16-12-1-3-14-11(6-12)8-19(20)9-18(14)7-10-5-13(17)2-4-15(10)19/h1-6H,7-9H2. The van der Waals surface area contributed by atoms with Gasteiger partial charge in [0.05, 0.1) is 12.2 Å². The van der Waals surface area contributed by atoms with Crippen LogP contribution in [0.2, 0.25) is 0 Å². The second kappa shape index (κ2) is 3.77. The summed E-state index contributed by atoms with van der Waals surface area (Å²) in [5.74, 6) is -0.672. The fourth-order valence-corrected chi connectivity index (χ4v) is 3.25. The fraction of sp³-hybridized carbons (Fsp3) is 0.200. The zero-order valence-electron chi connectivity index (χ0n) is 10.6. The van der Waals surface area contributed by atoms with Crippen LogP contribution in [-0.2, 0) is 13.1 Å². The molecule has 102 valence electrons. The van der Waals surface area contributed by atoms with Crippen LogP contribution < -0.4 is 9.55 Å². The second-order valence-corrected chi connectivity index (χ2v) is 5.43. The predicted molar refractivity (Wildman–Crippen MR) is 72.7 cm³/mol. The van der Waals surface area contributed by atoms with Crippen molar-refractivity contribution in [1.29, 1.82) is 0 Å². The summed E-state index contributed by atoms with van der Waals surface area (Å²) in [4.78, 5) is 1.90. The Hall–Kier alpha value is -1.98. The maximum atomic E-state index is 13.4. The van der Waals surface area contributed by atoms with Crippen LogP contribution in [0.3, 0.4) is 0 Å². The zero-order valence-corrected chi connectivity index (χ0v) is 10.6. The van der Waals surface area contributed by atoms with Crippen molar-refractivity contribution in [1.82, 2.24) is 4.65 Å². The molecule has 1 atom stereocenters. The zero-order chi connectivity index (χ0) is 13.9. The van der Waals surface area contributed by atoms with Crippen molar-refractivity contribution in [2.75, 3.05) is 11.6 Å². The van der Waals surface area contributed by atoms with Crippen molar-refractivity contribution in [3.63, 3.8) is 0 Å². The molecule has 0 N–H and O–H groups in total. The molecule has 2 aliphatic rings. The summed E-state index contributed by atoms with van der Waals surface area (Å²) >= 11 is 0. The maximum Gasteiger partial charge on any atom is 0.159 e. The minimum Gasteiger partial charge on any atom is -0.626 e. The molecular weight excluding hydrogens is 262 g/mol. The number of hydroxylamine groups is 2. The van der Waals surface area contributed by atoms with Crippen LogP contribution in [0.25, 0.3) is 0 Å². The molecule has 2 heterocycles. The summed E-state index contributed by atoms with van der Waals surface area (Å²) in [6.45, 7) is 0.952. The van der Waals surface area contributed by atoms with Crippen LogP contribution in [0.4, 0.5) is 20.2 Å². The van der Waals surface area contributed by atoms with E-state index < -0.39 is 4.65 Å². The van der Waals surface area contributed by atoms with Gasteiger partial charge in [0.1, 0.15) is 23.9 Å².